The predicted molar refractivity (Wildman–Crippen MR) is 241 cm³/mol. The normalized spacial score (nSPS) is 21.3. The molecule has 3 aliphatic rings. The van der Waals surface area contributed by atoms with Crippen molar-refractivity contribution in [1.29, 1.82) is 0 Å². The standard InChI is InChI=1S/C48H61N5O9S/c1-46(2,3)31-21-19-29(20-22-31)36-27-39(41-40(50-36)33-16-13-14-18-38(33)61-41)60-32-26-37(42(49)54)53(28-32)44(56)35(51-45(57)62-47(4,5)6)17-12-10-8-9-11-15-30-25-34(30)43(55)52-63(58,59)48(7)23-24-48/h11,13-16,18-22,27,30,32,34-35,37H,8-10,12,17,23-26,28H2,1-7H3,(H2,49,54)(H,51,57)(H,52,55)/b15-11-/t30-,32-,34+,35+,37+/m1/s1. The van der Waals surface area contributed by atoms with Crippen LogP contribution in [-0.4, -0.2) is 77.2 Å². The van der Waals surface area contributed by atoms with Crippen molar-refractivity contribution in [3.05, 3.63) is 72.3 Å². The van der Waals surface area contributed by atoms with Gasteiger partial charge in [-0.15, -0.1) is 0 Å². The van der Waals surface area contributed by atoms with Crippen LogP contribution in [0.15, 0.2) is 71.2 Å². The van der Waals surface area contributed by atoms with Gasteiger partial charge in [-0.2, -0.15) is 0 Å². The molecular weight excluding hydrogens is 823 g/mol. The molecule has 15 heteroatoms. The van der Waals surface area contributed by atoms with Crippen LogP contribution in [-0.2, 0) is 34.6 Å². The average Bonchev–Trinajstić information content (AvgIpc) is 4.08. The van der Waals surface area contributed by atoms with E-state index < -0.39 is 62.4 Å². The molecule has 2 aromatic heterocycles. The Bertz CT molecular complexity index is 2510. The van der Waals surface area contributed by atoms with Crippen molar-refractivity contribution < 1.29 is 41.5 Å². The van der Waals surface area contributed by atoms with Crippen molar-refractivity contribution in [3.8, 4) is 17.0 Å². The summed E-state index contributed by atoms with van der Waals surface area (Å²) >= 11 is 0. The third-order valence-corrected chi connectivity index (χ3v) is 14.4. The Hall–Kier alpha value is -5.44. The van der Waals surface area contributed by atoms with Gasteiger partial charge in [0.05, 0.1) is 17.0 Å². The van der Waals surface area contributed by atoms with Crippen molar-refractivity contribution in [2.75, 3.05) is 6.54 Å². The minimum Gasteiger partial charge on any atom is -0.484 e. The zero-order chi connectivity index (χ0) is 45.5. The molecule has 0 radical (unpaired) electrons. The van der Waals surface area contributed by atoms with Gasteiger partial charge in [0.2, 0.25) is 27.7 Å². The fraction of sp³-hybridized carbons (Fsp3) is 0.521. The Morgan fingerprint density at radius 2 is 1.71 bits per heavy atom. The predicted octanol–water partition coefficient (Wildman–Crippen LogP) is 7.81. The van der Waals surface area contributed by atoms with Gasteiger partial charge in [-0.3, -0.25) is 19.1 Å². The number of furan rings is 1. The van der Waals surface area contributed by atoms with Crippen molar-refractivity contribution in [2.24, 2.45) is 17.6 Å². The third-order valence-electron chi connectivity index (χ3n) is 12.3. The van der Waals surface area contributed by atoms with Crippen molar-refractivity contribution >= 4 is 55.9 Å². The highest BCUT2D eigenvalue weighted by atomic mass is 32.2. The second-order valence-electron chi connectivity index (χ2n) is 19.7. The second-order valence-corrected chi connectivity index (χ2v) is 21.9. The lowest BCUT2D eigenvalue weighted by molar-refractivity contribution is -0.139. The first-order valence-electron chi connectivity index (χ1n) is 22.0. The molecule has 2 aliphatic carbocycles. The van der Waals surface area contributed by atoms with Crippen LogP contribution in [0.3, 0.4) is 0 Å². The topological polar surface area (TPSA) is 200 Å². The van der Waals surface area contributed by atoms with Crippen LogP contribution in [0, 0.1) is 11.8 Å². The Kier molecular flexibility index (Phi) is 12.7. The zero-order valence-corrected chi connectivity index (χ0v) is 38.2. The van der Waals surface area contributed by atoms with Gasteiger partial charge >= 0.3 is 6.09 Å². The summed E-state index contributed by atoms with van der Waals surface area (Å²) < 4.78 is 44.8. The molecule has 0 unspecified atom stereocenters. The number of allylic oxidation sites excluding steroid dienone is 2. The first-order valence-corrected chi connectivity index (χ1v) is 23.5. The maximum Gasteiger partial charge on any atom is 0.408 e. The molecule has 0 spiro atoms. The Morgan fingerprint density at radius 1 is 1.00 bits per heavy atom. The smallest absolute Gasteiger partial charge is 0.408 e. The molecule has 5 atom stereocenters. The molecule has 0 bridgehead atoms. The average molecular weight is 884 g/mol. The molecule has 4 N–H and O–H groups in total. The van der Waals surface area contributed by atoms with E-state index in [4.69, 9.17) is 24.6 Å². The molecule has 3 fully saturated rings. The van der Waals surface area contributed by atoms with Gasteiger partial charge in [0, 0.05) is 29.4 Å². The number of ether oxygens (including phenoxy) is 2. The number of pyridine rings is 1. The highest BCUT2D eigenvalue weighted by molar-refractivity contribution is 7.91. The number of benzene rings is 2. The number of sulfonamides is 1. The van der Waals surface area contributed by atoms with Crippen molar-refractivity contribution in [2.45, 2.75) is 140 Å². The Labute approximate surface area is 369 Å². The summed E-state index contributed by atoms with van der Waals surface area (Å²) in [5.41, 5.74) is 9.56. The van der Waals surface area contributed by atoms with E-state index in [1.165, 1.54) is 10.5 Å². The zero-order valence-electron chi connectivity index (χ0n) is 37.4. The summed E-state index contributed by atoms with van der Waals surface area (Å²) in [6.45, 7) is 13.4. The highest BCUT2D eigenvalue weighted by Gasteiger charge is 2.52. The number of amides is 4. The molecule has 1 aliphatic heterocycles. The molecule has 1 saturated heterocycles. The first kappa shape index (κ1) is 45.6. The van der Waals surface area contributed by atoms with Crippen LogP contribution < -0.4 is 20.5 Å². The quantitative estimate of drug-likeness (QED) is 0.0736. The van der Waals surface area contributed by atoms with E-state index in [0.29, 0.717) is 53.8 Å². The molecule has 2 saturated carbocycles. The second kappa shape index (κ2) is 17.6. The van der Waals surface area contributed by atoms with Crippen LogP contribution in [0.4, 0.5) is 4.79 Å². The summed E-state index contributed by atoms with van der Waals surface area (Å²) in [5.74, 6) is -1.50. The van der Waals surface area contributed by atoms with Crippen LogP contribution in [0.25, 0.3) is 33.3 Å². The number of para-hydroxylation sites is 1. The number of carbonyl (C=O) groups is 4. The number of aromatic nitrogens is 1. The lowest BCUT2D eigenvalue weighted by atomic mass is 9.86. The van der Waals surface area contributed by atoms with E-state index in [1.807, 2.05) is 54.6 Å². The summed E-state index contributed by atoms with van der Waals surface area (Å²) in [6, 6.07) is 15.7. The van der Waals surface area contributed by atoms with Gasteiger partial charge in [-0.05, 0) is 95.2 Å². The summed E-state index contributed by atoms with van der Waals surface area (Å²) in [5, 5.41) is 3.58. The molecular formula is C48H61N5O9S. The number of likely N-dealkylation sites (tertiary alicyclic amines) is 1. The molecule has 2 aromatic carbocycles. The van der Waals surface area contributed by atoms with Crippen LogP contribution in [0.1, 0.15) is 112 Å². The number of fused-ring (bicyclic) bond motifs is 3. The molecule has 3 heterocycles. The number of nitrogens with two attached hydrogens (primary N) is 1. The largest absolute Gasteiger partial charge is 0.484 e. The maximum atomic E-state index is 14.4. The minimum atomic E-state index is -3.65. The maximum absolute atomic E-state index is 14.4. The fourth-order valence-corrected chi connectivity index (χ4v) is 9.38. The van der Waals surface area contributed by atoms with E-state index in [2.05, 4.69) is 42.9 Å². The van der Waals surface area contributed by atoms with E-state index in [9.17, 15) is 27.6 Å². The van der Waals surface area contributed by atoms with Crippen LogP contribution in [0.2, 0.25) is 0 Å². The van der Waals surface area contributed by atoms with Crippen LogP contribution in [0.5, 0.6) is 5.75 Å². The lowest BCUT2D eigenvalue weighted by Gasteiger charge is -2.28. The monoisotopic (exact) mass is 883 g/mol. The highest BCUT2D eigenvalue weighted by Crippen LogP contribution is 2.44. The number of carbonyl (C=O) groups excluding carboxylic acids is 4. The molecule has 7 rings (SSSR count). The first-order chi connectivity index (χ1) is 29.6. The number of rotatable bonds is 16. The van der Waals surface area contributed by atoms with Crippen LogP contribution >= 0.6 is 0 Å². The molecule has 14 nitrogen and oxygen atoms in total. The van der Waals surface area contributed by atoms with E-state index in [1.54, 1.807) is 27.7 Å². The van der Waals surface area contributed by atoms with Gasteiger partial charge in [0.1, 0.15) is 34.9 Å². The molecule has 338 valence electrons. The van der Waals surface area contributed by atoms with Gasteiger partial charge in [-0.25, -0.2) is 18.2 Å². The lowest BCUT2D eigenvalue weighted by Crippen LogP contribution is -2.53. The summed E-state index contributed by atoms with van der Waals surface area (Å²) in [4.78, 5) is 59.4. The summed E-state index contributed by atoms with van der Waals surface area (Å²) in [7, 11) is -3.65. The number of nitrogens with one attached hydrogen (secondary N) is 2. The summed E-state index contributed by atoms with van der Waals surface area (Å²) in [6.07, 6.45) is 7.57. The molecule has 4 aromatic rings. The van der Waals surface area contributed by atoms with Gasteiger partial charge < -0.3 is 29.8 Å². The van der Waals surface area contributed by atoms with Crippen molar-refractivity contribution in [3.63, 3.8) is 0 Å². The van der Waals surface area contributed by atoms with E-state index in [-0.39, 0.29) is 36.6 Å². The Morgan fingerprint density at radius 3 is 2.38 bits per heavy atom. The van der Waals surface area contributed by atoms with Gasteiger partial charge in [-0.1, -0.05) is 82.2 Å². The number of primary amides is 1. The molecule has 63 heavy (non-hydrogen) atoms. The third kappa shape index (κ3) is 10.7. The van der Waals surface area contributed by atoms with E-state index >= 15 is 0 Å². The van der Waals surface area contributed by atoms with E-state index in [0.717, 1.165) is 30.2 Å². The fourth-order valence-electron chi connectivity index (χ4n) is 8.08. The minimum absolute atomic E-state index is 0.00911. The number of alkyl carbamates (subject to hydrolysis) is 1. The number of hydrogen-bond donors (Lipinski definition) is 3. The Balaban J connectivity index is 1.02. The van der Waals surface area contributed by atoms with Gasteiger partial charge in [0.15, 0.2) is 11.3 Å². The number of unbranched alkanes of at least 4 members (excludes halogenated alkanes) is 3. The number of hydrogen-bond acceptors (Lipinski definition) is 10. The van der Waals surface area contributed by atoms with Crippen molar-refractivity contribution in [1.82, 2.24) is 19.9 Å². The molecule has 4 amide bonds. The number of nitrogens with zero attached hydrogens (tertiary/aromatic N) is 2. The van der Waals surface area contributed by atoms with Gasteiger partial charge in [0.25, 0.3) is 0 Å². The SMILES string of the molecule is CC(C)(C)OC(=O)N[C@@H](CCCCC/C=C\[C@@H]1C[C@@H]1C(=O)NS(=O)(=O)C1(C)CC1)C(=O)N1C[C@H](Oc2cc(-c3ccc(C(C)(C)C)cc3)nc3c2oc2ccccc23)C[C@H]1C(N)=O.